The average molecular weight is 323 g/mol. The largest absolute Gasteiger partial charge is 0.349 e. The predicted octanol–water partition coefficient (Wildman–Crippen LogP) is 3.80. The number of rotatable bonds is 4. The number of nitro benzene ring substituents is 1. The normalized spacial score (nSPS) is 27.6. The SMILES string of the molecule is C[C@@H](NC(=O)c1ccc(Cl)c([N+](=O)[O-])c1)[C@H]1C[C@H]2CC[C@H]1C2. The number of hydrogen-bond acceptors (Lipinski definition) is 3. The van der Waals surface area contributed by atoms with Gasteiger partial charge in [-0.05, 0) is 56.1 Å². The summed E-state index contributed by atoms with van der Waals surface area (Å²) >= 11 is 5.77. The van der Waals surface area contributed by atoms with Crippen LogP contribution in [-0.2, 0) is 0 Å². The molecule has 22 heavy (non-hydrogen) atoms. The highest BCUT2D eigenvalue weighted by atomic mass is 35.5. The first-order chi connectivity index (χ1) is 10.5. The third kappa shape index (κ3) is 2.82. The van der Waals surface area contributed by atoms with Gasteiger partial charge in [0.15, 0.2) is 0 Å². The third-order valence-corrected chi connectivity index (χ3v) is 5.52. The molecule has 1 N–H and O–H groups in total. The van der Waals surface area contributed by atoms with Crippen molar-refractivity contribution in [2.24, 2.45) is 17.8 Å². The van der Waals surface area contributed by atoms with E-state index in [4.69, 9.17) is 11.6 Å². The second-order valence-corrected chi connectivity index (χ2v) is 6.93. The Hall–Kier alpha value is -1.62. The first-order valence-electron chi connectivity index (χ1n) is 7.70. The van der Waals surface area contributed by atoms with Crippen molar-refractivity contribution < 1.29 is 9.72 Å². The number of carbonyl (C=O) groups is 1. The van der Waals surface area contributed by atoms with Crippen molar-refractivity contribution >= 4 is 23.2 Å². The minimum atomic E-state index is -0.571. The molecular weight excluding hydrogens is 304 g/mol. The van der Waals surface area contributed by atoms with E-state index in [0.29, 0.717) is 5.92 Å². The Kier molecular flexibility index (Phi) is 4.08. The van der Waals surface area contributed by atoms with Gasteiger partial charge < -0.3 is 5.32 Å². The highest BCUT2D eigenvalue weighted by Crippen LogP contribution is 2.49. The molecule has 0 unspecified atom stereocenters. The van der Waals surface area contributed by atoms with Crippen LogP contribution in [0.15, 0.2) is 18.2 Å². The molecule has 2 saturated carbocycles. The van der Waals surface area contributed by atoms with E-state index in [2.05, 4.69) is 5.32 Å². The quantitative estimate of drug-likeness (QED) is 0.677. The Morgan fingerprint density at radius 2 is 2.18 bits per heavy atom. The van der Waals surface area contributed by atoms with Gasteiger partial charge in [-0.15, -0.1) is 0 Å². The zero-order valence-electron chi connectivity index (χ0n) is 12.4. The molecule has 2 aliphatic rings. The van der Waals surface area contributed by atoms with Crippen molar-refractivity contribution in [2.75, 3.05) is 0 Å². The number of nitro groups is 1. The molecule has 0 radical (unpaired) electrons. The zero-order chi connectivity index (χ0) is 15.9. The maximum atomic E-state index is 12.3. The molecule has 6 heteroatoms. The van der Waals surface area contributed by atoms with Gasteiger partial charge in [0.05, 0.1) is 4.92 Å². The summed E-state index contributed by atoms with van der Waals surface area (Å²) in [5.41, 5.74) is 0.0491. The molecule has 2 bridgehead atoms. The fourth-order valence-corrected chi connectivity index (χ4v) is 4.28. The van der Waals surface area contributed by atoms with E-state index in [1.165, 1.54) is 43.9 Å². The van der Waals surface area contributed by atoms with Crippen LogP contribution in [0.5, 0.6) is 0 Å². The smallest absolute Gasteiger partial charge is 0.288 e. The first-order valence-corrected chi connectivity index (χ1v) is 8.08. The van der Waals surface area contributed by atoms with E-state index in [1.54, 1.807) is 0 Å². The number of hydrogen-bond donors (Lipinski definition) is 1. The van der Waals surface area contributed by atoms with Crippen molar-refractivity contribution in [1.29, 1.82) is 0 Å². The number of amides is 1. The van der Waals surface area contributed by atoms with E-state index in [0.717, 1.165) is 11.8 Å². The lowest BCUT2D eigenvalue weighted by Crippen LogP contribution is -2.40. The molecule has 118 valence electrons. The van der Waals surface area contributed by atoms with Gasteiger partial charge in [-0.3, -0.25) is 14.9 Å². The Balaban J connectivity index is 1.69. The van der Waals surface area contributed by atoms with Gasteiger partial charge in [0.25, 0.3) is 11.6 Å². The van der Waals surface area contributed by atoms with Gasteiger partial charge in [0.1, 0.15) is 5.02 Å². The molecule has 0 saturated heterocycles. The van der Waals surface area contributed by atoms with E-state index in [1.807, 2.05) is 6.92 Å². The summed E-state index contributed by atoms with van der Waals surface area (Å²) in [7, 11) is 0. The van der Waals surface area contributed by atoms with E-state index in [-0.39, 0.29) is 28.2 Å². The molecule has 0 heterocycles. The maximum absolute atomic E-state index is 12.3. The van der Waals surface area contributed by atoms with Gasteiger partial charge in [-0.1, -0.05) is 18.0 Å². The molecule has 0 aliphatic heterocycles. The van der Waals surface area contributed by atoms with Crippen LogP contribution in [0.3, 0.4) is 0 Å². The van der Waals surface area contributed by atoms with Gasteiger partial charge in [-0.25, -0.2) is 0 Å². The van der Waals surface area contributed by atoms with E-state index < -0.39 is 4.92 Å². The summed E-state index contributed by atoms with van der Waals surface area (Å²) in [6.45, 7) is 2.04. The van der Waals surface area contributed by atoms with Gasteiger partial charge in [0, 0.05) is 17.7 Å². The van der Waals surface area contributed by atoms with Crippen LogP contribution in [-0.4, -0.2) is 16.9 Å². The second-order valence-electron chi connectivity index (χ2n) is 6.52. The predicted molar refractivity (Wildman–Crippen MR) is 84.0 cm³/mol. The third-order valence-electron chi connectivity index (χ3n) is 5.20. The number of halogens is 1. The topological polar surface area (TPSA) is 72.2 Å². The number of fused-ring (bicyclic) bond motifs is 2. The highest BCUT2D eigenvalue weighted by molar-refractivity contribution is 6.32. The molecule has 2 fully saturated rings. The van der Waals surface area contributed by atoms with Crippen molar-refractivity contribution in [3.63, 3.8) is 0 Å². The Labute approximate surface area is 134 Å². The standard InChI is InChI=1S/C16H19ClN2O3/c1-9(13-7-10-2-3-11(13)6-10)18-16(20)12-4-5-14(17)15(8-12)19(21)22/h4-5,8-11,13H,2-3,6-7H2,1H3,(H,18,20)/t9-,10+,11+,13-/m1/s1. The van der Waals surface area contributed by atoms with Crippen LogP contribution in [0.2, 0.25) is 5.02 Å². The van der Waals surface area contributed by atoms with Gasteiger partial charge in [-0.2, -0.15) is 0 Å². The van der Waals surface area contributed by atoms with Crippen LogP contribution in [0.4, 0.5) is 5.69 Å². The number of nitrogens with zero attached hydrogens (tertiary/aromatic N) is 1. The van der Waals surface area contributed by atoms with E-state index >= 15 is 0 Å². The lowest BCUT2D eigenvalue weighted by molar-refractivity contribution is -0.384. The summed E-state index contributed by atoms with van der Waals surface area (Å²) in [4.78, 5) is 22.7. The van der Waals surface area contributed by atoms with Gasteiger partial charge >= 0.3 is 0 Å². The van der Waals surface area contributed by atoms with Crippen molar-refractivity contribution in [2.45, 2.75) is 38.6 Å². The Bertz CT molecular complexity index is 619. The van der Waals surface area contributed by atoms with Crippen LogP contribution in [0.1, 0.15) is 43.0 Å². The fourth-order valence-electron chi connectivity index (χ4n) is 4.10. The highest BCUT2D eigenvalue weighted by Gasteiger charge is 2.42. The van der Waals surface area contributed by atoms with Crippen molar-refractivity contribution in [1.82, 2.24) is 5.32 Å². The maximum Gasteiger partial charge on any atom is 0.288 e. The Morgan fingerprint density at radius 3 is 2.77 bits per heavy atom. The molecule has 0 aromatic heterocycles. The Morgan fingerprint density at radius 1 is 1.41 bits per heavy atom. The number of nitrogens with one attached hydrogen (secondary N) is 1. The molecule has 4 atom stereocenters. The molecule has 3 rings (SSSR count). The van der Waals surface area contributed by atoms with Crippen LogP contribution in [0.25, 0.3) is 0 Å². The minimum Gasteiger partial charge on any atom is -0.349 e. The van der Waals surface area contributed by atoms with Crippen molar-refractivity contribution in [3.8, 4) is 0 Å². The summed E-state index contributed by atoms with van der Waals surface area (Å²) < 4.78 is 0. The summed E-state index contributed by atoms with van der Waals surface area (Å²) in [6.07, 6.45) is 5.07. The van der Waals surface area contributed by atoms with Gasteiger partial charge in [0.2, 0.25) is 0 Å². The molecule has 1 aromatic rings. The second kappa shape index (κ2) is 5.88. The molecule has 2 aliphatic carbocycles. The molecule has 1 amide bonds. The van der Waals surface area contributed by atoms with Crippen molar-refractivity contribution in [3.05, 3.63) is 38.9 Å². The fraction of sp³-hybridized carbons (Fsp3) is 0.562. The minimum absolute atomic E-state index is 0.0442. The molecule has 1 aromatic carbocycles. The number of benzene rings is 1. The van der Waals surface area contributed by atoms with Crippen LogP contribution in [0, 0.1) is 27.9 Å². The summed E-state index contributed by atoms with van der Waals surface area (Å²) in [5.74, 6) is 1.81. The van der Waals surface area contributed by atoms with E-state index in [9.17, 15) is 14.9 Å². The first kappa shape index (κ1) is 15.3. The van der Waals surface area contributed by atoms with Crippen LogP contribution >= 0.6 is 11.6 Å². The molecule has 0 spiro atoms. The average Bonchev–Trinajstić information content (AvgIpc) is 3.09. The molecule has 5 nitrogen and oxygen atoms in total. The summed E-state index contributed by atoms with van der Waals surface area (Å²) in [5, 5.41) is 14.0. The van der Waals surface area contributed by atoms with Crippen LogP contribution < -0.4 is 5.32 Å². The number of carbonyl (C=O) groups excluding carboxylic acids is 1. The molecular formula is C16H19ClN2O3. The lowest BCUT2D eigenvalue weighted by atomic mass is 9.84. The summed E-state index contributed by atoms with van der Waals surface area (Å²) in [6, 6.07) is 4.26. The lowest BCUT2D eigenvalue weighted by Gasteiger charge is -2.28. The monoisotopic (exact) mass is 322 g/mol. The zero-order valence-corrected chi connectivity index (χ0v) is 13.2.